The molecule has 0 amide bonds. The molecular weight excluding hydrogens is 150 g/mol. The fraction of sp³-hybridized carbons (Fsp3) is 1.00. The summed E-state index contributed by atoms with van der Waals surface area (Å²) >= 11 is 0. The monoisotopic (exact) mass is 171 g/mol. The van der Waals surface area contributed by atoms with Gasteiger partial charge in [-0.2, -0.15) is 0 Å². The van der Waals surface area contributed by atoms with Gasteiger partial charge in [0.25, 0.3) is 0 Å². The molecule has 0 aliphatic carbocycles. The van der Waals surface area contributed by atoms with Crippen LogP contribution in [0.4, 0.5) is 0 Å². The van der Waals surface area contributed by atoms with Crippen molar-refractivity contribution in [1.29, 1.82) is 0 Å². The molecule has 2 nitrogen and oxygen atoms in total. The van der Waals surface area contributed by atoms with E-state index in [4.69, 9.17) is 4.74 Å². The summed E-state index contributed by atoms with van der Waals surface area (Å²) in [6.07, 6.45) is 0.389. The third-order valence-corrected chi connectivity index (χ3v) is 2.47. The van der Waals surface area contributed by atoms with E-state index < -0.39 is 0 Å². The zero-order valence-corrected chi connectivity index (χ0v) is 8.92. The third-order valence-electron chi connectivity index (χ3n) is 2.47. The number of nitrogens with zero attached hydrogens (tertiary/aromatic N) is 1. The van der Waals surface area contributed by atoms with Crippen LogP contribution in [0, 0.1) is 0 Å². The highest BCUT2D eigenvalue weighted by Gasteiger charge is 2.31. The second-order valence-electron chi connectivity index (χ2n) is 4.82. The van der Waals surface area contributed by atoms with Gasteiger partial charge in [0, 0.05) is 18.1 Å². The van der Waals surface area contributed by atoms with Gasteiger partial charge in [0.2, 0.25) is 0 Å². The molecule has 2 heteroatoms. The summed E-state index contributed by atoms with van der Waals surface area (Å²) in [7, 11) is 0. The SMILES string of the molecule is C[C@@H]1CO[C@@H](C)CN1C(C)(C)C. The van der Waals surface area contributed by atoms with E-state index >= 15 is 0 Å². The molecule has 1 saturated heterocycles. The molecular formula is C10H21NO. The lowest BCUT2D eigenvalue weighted by molar-refractivity contribution is -0.0818. The van der Waals surface area contributed by atoms with E-state index in [0.29, 0.717) is 12.1 Å². The molecule has 0 saturated carbocycles. The molecule has 0 unspecified atom stereocenters. The van der Waals surface area contributed by atoms with Crippen LogP contribution in [0.25, 0.3) is 0 Å². The predicted octanol–water partition coefficient (Wildman–Crippen LogP) is 1.89. The Labute approximate surface area is 75.9 Å². The van der Waals surface area contributed by atoms with Crippen molar-refractivity contribution in [1.82, 2.24) is 4.90 Å². The summed E-state index contributed by atoms with van der Waals surface area (Å²) < 4.78 is 5.57. The number of rotatable bonds is 0. The first-order chi connectivity index (χ1) is 5.41. The maximum absolute atomic E-state index is 5.57. The molecule has 0 aromatic rings. The maximum Gasteiger partial charge on any atom is 0.0675 e. The van der Waals surface area contributed by atoms with E-state index in [9.17, 15) is 0 Å². The summed E-state index contributed by atoms with van der Waals surface area (Å²) in [6.45, 7) is 13.1. The van der Waals surface area contributed by atoms with Crippen LogP contribution in [-0.2, 0) is 4.74 Å². The Hall–Kier alpha value is -0.0800. The highest BCUT2D eigenvalue weighted by atomic mass is 16.5. The summed E-state index contributed by atoms with van der Waals surface area (Å²) in [5.41, 5.74) is 0.275. The zero-order chi connectivity index (χ0) is 9.35. The van der Waals surface area contributed by atoms with Gasteiger partial charge in [0.15, 0.2) is 0 Å². The van der Waals surface area contributed by atoms with Crippen molar-refractivity contribution in [2.24, 2.45) is 0 Å². The van der Waals surface area contributed by atoms with Crippen molar-refractivity contribution >= 4 is 0 Å². The summed E-state index contributed by atoms with van der Waals surface area (Å²) in [5.74, 6) is 0. The van der Waals surface area contributed by atoms with Crippen LogP contribution in [-0.4, -0.2) is 35.7 Å². The van der Waals surface area contributed by atoms with Gasteiger partial charge in [-0.1, -0.05) is 0 Å². The van der Waals surface area contributed by atoms with Crippen LogP contribution >= 0.6 is 0 Å². The van der Waals surface area contributed by atoms with Gasteiger partial charge in [-0.3, -0.25) is 4.90 Å². The summed E-state index contributed by atoms with van der Waals surface area (Å²) in [6, 6.07) is 0.557. The Morgan fingerprint density at radius 1 is 1.25 bits per heavy atom. The Balaban J connectivity index is 2.61. The number of hydrogen-bond donors (Lipinski definition) is 0. The van der Waals surface area contributed by atoms with Gasteiger partial charge in [-0.15, -0.1) is 0 Å². The smallest absolute Gasteiger partial charge is 0.0675 e. The highest BCUT2D eigenvalue weighted by molar-refractivity contribution is 4.85. The molecule has 72 valence electrons. The van der Waals surface area contributed by atoms with Crippen molar-refractivity contribution < 1.29 is 4.74 Å². The Morgan fingerprint density at radius 3 is 2.25 bits per heavy atom. The molecule has 0 spiro atoms. The average Bonchev–Trinajstić information content (AvgIpc) is 1.92. The lowest BCUT2D eigenvalue weighted by atomic mass is 10.0. The third kappa shape index (κ3) is 2.20. The Kier molecular flexibility index (Phi) is 2.79. The van der Waals surface area contributed by atoms with Crippen LogP contribution in [0.5, 0.6) is 0 Å². The van der Waals surface area contributed by atoms with E-state index in [1.54, 1.807) is 0 Å². The lowest BCUT2D eigenvalue weighted by Crippen LogP contribution is -2.55. The minimum absolute atomic E-state index is 0.275. The minimum Gasteiger partial charge on any atom is -0.376 e. The second-order valence-corrected chi connectivity index (χ2v) is 4.82. The standard InChI is InChI=1S/C10H21NO/c1-8-7-12-9(2)6-11(8)10(3,4)5/h8-9H,6-7H2,1-5H3/t8-,9+/m1/s1. The molecule has 0 aromatic heterocycles. The van der Waals surface area contributed by atoms with E-state index in [1.807, 2.05) is 0 Å². The first kappa shape index (κ1) is 10.0. The molecule has 1 aliphatic rings. The molecule has 1 heterocycles. The van der Waals surface area contributed by atoms with E-state index in [-0.39, 0.29) is 5.54 Å². The molecule has 1 rings (SSSR count). The Morgan fingerprint density at radius 2 is 1.83 bits per heavy atom. The van der Waals surface area contributed by atoms with Crippen molar-refractivity contribution in [3.63, 3.8) is 0 Å². The van der Waals surface area contributed by atoms with Crippen molar-refractivity contribution in [3.05, 3.63) is 0 Å². The number of hydrogen-bond acceptors (Lipinski definition) is 2. The number of morpholine rings is 1. The van der Waals surface area contributed by atoms with E-state index in [2.05, 4.69) is 39.5 Å². The molecule has 2 atom stereocenters. The summed E-state index contributed by atoms with van der Waals surface area (Å²) in [5, 5.41) is 0. The fourth-order valence-corrected chi connectivity index (χ4v) is 1.84. The van der Waals surface area contributed by atoms with Crippen molar-refractivity contribution in [2.75, 3.05) is 13.2 Å². The van der Waals surface area contributed by atoms with Gasteiger partial charge < -0.3 is 4.74 Å². The second kappa shape index (κ2) is 3.35. The highest BCUT2D eigenvalue weighted by Crippen LogP contribution is 2.21. The molecule has 1 fully saturated rings. The van der Waals surface area contributed by atoms with Crippen LogP contribution in [0.3, 0.4) is 0 Å². The zero-order valence-electron chi connectivity index (χ0n) is 8.92. The fourth-order valence-electron chi connectivity index (χ4n) is 1.84. The summed E-state index contributed by atoms with van der Waals surface area (Å²) in [4.78, 5) is 2.52. The van der Waals surface area contributed by atoms with Crippen molar-refractivity contribution in [3.8, 4) is 0 Å². The Bertz CT molecular complexity index is 150. The van der Waals surface area contributed by atoms with Gasteiger partial charge in [-0.25, -0.2) is 0 Å². The van der Waals surface area contributed by atoms with Gasteiger partial charge in [0.05, 0.1) is 12.7 Å². The largest absolute Gasteiger partial charge is 0.376 e. The first-order valence-electron chi connectivity index (χ1n) is 4.79. The van der Waals surface area contributed by atoms with Gasteiger partial charge in [0.1, 0.15) is 0 Å². The molecule has 1 aliphatic heterocycles. The van der Waals surface area contributed by atoms with Crippen LogP contribution in [0.1, 0.15) is 34.6 Å². The maximum atomic E-state index is 5.57. The molecule has 0 N–H and O–H groups in total. The van der Waals surface area contributed by atoms with Gasteiger partial charge in [-0.05, 0) is 34.6 Å². The van der Waals surface area contributed by atoms with Crippen molar-refractivity contribution in [2.45, 2.75) is 52.3 Å². The molecule has 0 bridgehead atoms. The van der Waals surface area contributed by atoms with Crippen LogP contribution < -0.4 is 0 Å². The molecule has 0 aromatic carbocycles. The normalized spacial score (nSPS) is 33.8. The molecule has 0 radical (unpaired) electrons. The predicted molar refractivity (Wildman–Crippen MR) is 51.3 cm³/mol. The molecule has 12 heavy (non-hydrogen) atoms. The minimum atomic E-state index is 0.275. The lowest BCUT2D eigenvalue weighted by Gasteiger charge is -2.45. The van der Waals surface area contributed by atoms with E-state index in [0.717, 1.165) is 13.2 Å². The first-order valence-corrected chi connectivity index (χ1v) is 4.79. The van der Waals surface area contributed by atoms with E-state index in [1.165, 1.54) is 0 Å². The topological polar surface area (TPSA) is 12.5 Å². The van der Waals surface area contributed by atoms with Gasteiger partial charge >= 0.3 is 0 Å². The van der Waals surface area contributed by atoms with Crippen LogP contribution in [0.2, 0.25) is 0 Å². The van der Waals surface area contributed by atoms with Crippen LogP contribution in [0.15, 0.2) is 0 Å². The quantitative estimate of drug-likeness (QED) is 0.552. The number of ether oxygens (including phenoxy) is 1. The average molecular weight is 171 g/mol.